The maximum Gasteiger partial charge on any atom is 0.328 e. The van der Waals surface area contributed by atoms with Crippen LogP contribution in [0, 0.1) is 5.41 Å². The normalized spacial score (nSPS) is 15.7. The Balaban J connectivity index is 3.38. The summed E-state index contributed by atoms with van der Waals surface area (Å²) < 4.78 is 0. The third-order valence-electron chi connectivity index (χ3n) is 8.49. The third kappa shape index (κ3) is 17.8. The summed E-state index contributed by atoms with van der Waals surface area (Å²) in [4.78, 5) is 92.1. The van der Waals surface area contributed by atoms with Gasteiger partial charge in [0.25, 0.3) is 0 Å². The molecule has 1 aromatic rings. The molecule has 0 aliphatic rings. The summed E-state index contributed by atoms with van der Waals surface area (Å²) in [5.41, 5.74) is 28.7. The minimum Gasteiger partial charge on any atom is -0.480 e. The molecular formula is C36H63N11O9. The quantitative estimate of drug-likeness (QED) is 0.0446. The van der Waals surface area contributed by atoms with Crippen LogP contribution in [0.15, 0.2) is 30.3 Å². The second-order valence-electron chi connectivity index (χ2n) is 14.7. The van der Waals surface area contributed by atoms with Crippen LogP contribution in [0.25, 0.3) is 0 Å². The highest BCUT2D eigenvalue weighted by molar-refractivity contribution is 5.97. The molecule has 0 fully saturated rings. The molecule has 0 spiro atoms. The van der Waals surface area contributed by atoms with Gasteiger partial charge >= 0.3 is 5.97 Å². The van der Waals surface area contributed by atoms with Crippen molar-refractivity contribution in [3.05, 3.63) is 35.9 Å². The smallest absolute Gasteiger partial charge is 0.328 e. The molecule has 0 aliphatic heterocycles. The van der Waals surface area contributed by atoms with E-state index in [0.29, 0.717) is 5.56 Å². The van der Waals surface area contributed by atoms with Gasteiger partial charge in [-0.3, -0.25) is 28.8 Å². The van der Waals surface area contributed by atoms with Gasteiger partial charge in [0.05, 0.1) is 12.1 Å². The maximum atomic E-state index is 14.0. The van der Waals surface area contributed by atoms with Crippen molar-refractivity contribution in [1.29, 1.82) is 0 Å². The Labute approximate surface area is 327 Å². The number of amides is 6. The van der Waals surface area contributed by atoms with E-state index in [4.69, 9.17) is 28.7 Å². The van der Waals surface area contributed by atoms with E-state index < -0.39 is 95.2 Å². The summed E-state index contributed by atoms with van der Waals surface area (Å²) in [5, 5.41) is 34.4. The van der Waals surface area contributed by atoms with Crippen LogP contribution in [0.1, 0.15) is 65.4 Å². The molecule has 8 atom stereocenters. The predicted molar refractivity (Wildman–Crippen MR) is 208 cm³/mol. The fourth-order valence-electron chi connectivity index (χ4n) is 5.51. The number of carboxylic acids is 1. The standard InChI is InChI=1S/C36H63N11O9/c1-20(48)28(35(55)56)47-32(52)25(13-17-40)43-30(50)24(12-16-39)44-34(54)27(19-36(2,3)4)46-33(53)26(18-21-8-6-5-7-9-21)45-31(51)23(11-15-38)42-29(49)22(41)10-14-37/h5-9,20,22-28,48H,10-19,37-41H2,1-4H3,(H,42,49)(H,43,50)(H,44,54)(H,45,51)(H,46,53)(H,47,52)(H,55,56)/t20-,22+,23+,24+,25+,26-,27+,28+/m1/s1. The van der Waals surface area contributed by atoms with Crippen molar-refractivity contribution in [1.82, 2.24) is 31.9 Å². The molecule has 0 saturated heterocycles. The zero-order valence-corrected chi connectivity index (χ0v) is 32.7. The van der Waals surface area contributed by atoms with Gasteiger partial charge in [-0.15, -0.1) is 0 Å². The first-order valence-electron chi connectivity index (χ1n) is 18.6. The van der Waals surface area contributed by atoms with Crippen LogP contribution in [-0.4, -0.2) is 126 Å². The molecule has 20 nitrogen and oxygen atoms in total. The summed E-state index contributed by atoms with van der Waals surface area (Å²) in [6.45, 7) is 6.67. The van der Waals surface area contributed by atoms with Crippen LogP contribution in [0.2, 0.25) is 0 Å². The molecule has 1 aromatic carbocycles. The zero-order valence-electron chi connectivity index (χ0n) is 32.7. The van der Waals surface area contributed by atoms with Crippen LogP contribution in [0.5, 0.6) is 0 Å². The molecule has 6 amide bonds. The molecule has 18 N–H and O–H groups in total. The van der Waals surface area contributed by atoms with Gasteiger partial charge < -0.3 is 70.8 Å². The second kappa shape index (κ2) is 24.7. The number of nitrogens with two attached hydrogens (primary N) is 5. The predicted octanol–water partition coefficient (Wildman–Crippen LogP) is -4.24. The van der Waals surface area contributed by atoms with E-state index in [1.165, 1.54) is 6.92 Å². The van der Waals surface area contributed by atoms with Crippen molar-refractivity contribution in [2.24, 2.45) is 34.1 Å². The topological polar surface area (TPSA) is 362 Å². The number of benzene rings is 1. The Hall–Kier alpha value is -4.73. The number of hydrogen-bond donors (Lipinski definition) is 13. The number of nitrogens with one attached hydrogen (secondary N) is 6. The van der Waals surface area contributed by atoms with Crippen molar-refractivity contribution in [2.75, 3.05) is 26.2 Å². The lowest BCUT2D eigenvalue weighted by Gasteiger charge is -2.30. The molecule has 0 aromatic heterocycles. The van der Waals surface area contributed by atoms with Gasteiger partial charge in [0.2, 0.25) is 35.4 Å². The SMILES string of the molecule is C[C@@H](O)[C@H](NC(=O)[C@H](CCN)NC(=O)[C@H](CCN)NC(=O)[C@H](CC(C)(C)C)NC(=O)[C@@H](Cc1ccccc1)NC(=O)[C@H](CCN)NC(=O)[C@@H](N)CCN)C(=O)O. The van der Waals surface area contributed by atoms with Gasteiger partial charge in [0.1, 0.15) is 30.2 Å². The summed E-state index contributed by atoms with van der Waals surface area (Å²) in [6.07, 6.45) is -1.38. The summed E-state index contributed by atoms with van der Waals surface area (Å²) >= 11 is 0. The fourth-order valence-corrected chi connectivity index (χ4v) is 5.51. The highest BCUT2D eigenvalue weighted by Gasteiger charge is 2.35. The van der Waals surface area contributed by atoms with Crippen molar-refractivity contribution in [3.8, 4) is 0 Å². The zero-order chi connectivity index (χ0) is 42.6. The molecular weight excluding hydrogens is 730 g/mol. The summed E-state index contributed by atoms with van der Waals surface area (Å²) in [5.74, 6) is -6.10. The summed E-state index contributed by atoms with van der Waals surface area (Å²) in [6, 6.07) is -0.134. The lowest BCUT2D eigenvalue weighted by molar-refractivity contribution is -0.145. The lowest BCUT2D eigenvalue weighted by Crippen LogP contribution is -2.61. The molecule has 1 rings (SSSR count). The van der Waals surface area contributed by atoms with Crippen LogP contribution in [0.3, 0.4) is 0 Å². The minimum absolute atomic E-state index is 0.00115. The Morgan fingerprint density at radius 1 is 0.589 bits per heavy atom. The molecule has 0 bridgehead atoms. The van der Waals surface area contributed by atoms with Gasteiger partial charge in [0, 0.05) is 6.42 Å². The largest absolute Gasteiger partial charge is 0.480 e. The lowest BCUT2D eigenvalue weighted by atomic mass is 9.87. The van der Waals surface area contributed by atoms with E-state index in [2.05, 4.69) is 31.9 Å². The van der Waals surface area contributed by atoms with E-state index in [0.717, 1.165) is 0 Å². The number of aliphatic hydroxyl groups excluding tert-OH is 1. The van der Waals surface area contributed by atoms with Crippen molar-refractivity contribution in [2.45, 2.75) is 115 Å². The van der Waals surface area contributed by atoms with Gasteiger partial charge in [-0.1, -0.05) is 51.1 Å². The number of hydrogen-bond acceptors (Lipinski definition) is 13. The molecule has 0 unspecified atom stereocenters. The van der Waals surface area contributed by atoms with Gasteiger partial charge in [-0.2, -0.15) is 0 Å². The van der Waals surface area contributed by atoms with Gasteiger partial charge in [0.15, 0.2) is 6.04 Å². The molecule has 0 saturated carbocycles. The van der Waals surface area contributed by atoms with Crippen LogP contribution >= 0.6 is 0 Å². The first-order chi connectivity index (χ1) is 26.3. The first kappa shape index (κ1) is 49.3. The average molecular weight is 794 g/mol. The summed E-state index contributed by atoms with van der Waals surface area (Å²) in [7, 11) is 0. The number of carbonyl (C=O) groups excluding carboxylic acids is 6. The average Bonchev–Trinajstić information content (AvgIpc) is 3.12. The molecule has 316 valence electrons. The Morgan fingerprint density at radius 2 is 0.964 bits per heavy atom. The van der Waals surface area contributed by atoms with Gasteiger partial charge in [-0.25, -0.2) is 4.79 Å². The number of aliphatic hydroxyl groups is 1. The molecule has 0 aliphatic carbocycles. The Kier molecular flexibility index (Phi) is 21.8. The molecule has 0 radical (unpaired) electrons. The first-order valence-corrected chi connectivity index (χ1v) is 18.6. The molecule has 56 heavy (non-hydrogen) atoms. The van der Waals surface area contributed by atoms with E-state index >= 15 is 0 Å². The number of carbonyl (C=O) groups is 7. The van der Waals surface area contributed by atoms with Crippen molar-refractivity contribution < 1.29 is 43.8 Å². The van der Waals surface area contributed by atoms with Crippen LogP contribution in [0.4, 0.5) is 0 Å². The maximum absolute atomic E-state index is 14.0. The van der Waals surface area contributed by atoms with E-state index in [1.54, 1.807) is 30.3 Å². The van der Waals surface area contributed by atoms with E-state index in [-0.39, 0.29) is 64.7 Å². The fraction of sp³-hybridized carbons (Fsp3) is 0.639. The second-order valence-corrected chi connectivity index (χ2v) is 14.7. The highest BCUT2D eigenvalue weighted by atomic mass is 16.4. The molecule has 20 heteroatoms. The van der Waals surface area contributed by atoms with E-state index in [1.807, 2.05) is 20.8 Å². The van der Waals surface area contributed by atoms with E-state index in [9.17, 15) is 43.8 Å². The monoisotopic (exact) mass is 793 g/mol. The number of aliphatic carboxylic acids is 1. The highest BCUT2D eigenvalue weighted by Crippen LogP contribution is 2.21. The molecule has 0 heterocycles. The van der Waals surface area contributed by atoms with Crippen LogP contribution in [-0.2, 0) is 40.0 Å². The third-order valence-corrected chi connectivity index (χ3v) is 8.49. The Morgan fingerprint density at radius 3 is 1.38 bits per heavy atom. The minimum atomic E-state index is -1.67. The van der Waals surface area contributed by atoms with Crippen molar-refractivity contribution >= 4 is 41.4 Å². The number of carboxylic acid groups (broad SMARTS) is 1. The number of rotatable bonds is 25. The van der Waals surface area contributed by atoms with Crippen molar-refractivity contribution in [3.63, 3.8) is 0 Å². The van der Waals surface area contributed by atoms with Crippen LogP contribution < -0.4 is 60.6 Å². The Bertz CT molecular complexity index is 1440. The van der Waals surface area contributed by atoms with Gasteiger partial charge in [-0.05, 0) is 76.2 Å².